The largest absolute Gasteiger partial charge is 0.378 e. The lowest BCUT2D eigenvalue weighted by molar-refractivity contribution is -0.125. The fourth-order valence-corrected chi connectivity index (χ4v) is 3.41. The minimum Gasteiger partial charge on any atom is -0.378 e. The number of amides is 1. The molecule has 114 valence electrons. The highest BCUT2D eigenvalue weighted by Gasteiger charge is 2.28. The lowest BCUT2D eigenvalue weighted by Crippen LogP contribution is -2.52. The Hall–Kier alpha value is -1.03. The van der Waals surface area contributed by atoms with Crippen molar-refractivity contribution in [2.75, 3.05) is 33.2 Å². The summed E-state index contributed by atoms with van der Waals surface area (Å²) < 4.78 is 0. The Morgan fingerprint density at radius 2 is 2.10 bits per heavy atom. The van der Waals surface area contributed by atoms with Crippen LogP contribution in [-0.2, 0) is 4.79 Å². The first-order valence-electron chi connectivity index (χ1n) is 7.95. The van der Waals surface area contributed by atoms with Crippen molar-refractivity contribution in [1.82, 2.24) is 15.1 Å². The van der Waals surface area contributed by atoms with Crippen LogP contribution in [0.2, 0.25) is 0 Å². The topological polar surface area (TPSA) is 35.6 Å². The van der Waals surface area contributed by atoms with E-state index in [0.717, 1.165) is 19.0 Å². The van der Waals surface area contributed by atoms with E-state index in [-0.39, 0.29) is 5.91 Å². The highest BCUT2D eigenvalue weighted by molar-refractivity contribution is 5.78. The third kappa shape index (κ3) is 3.98. The van der Waals surface area contributed by atoms with Gasteiger partial charge in [0.15, 0.2) is 0 Å². The number of piperazine rings is 1. The molecule has 1 aliphatic carbocycles. The van der Waals surface area contributed by atoms with E-state index >= 15 is 0 Å². The third-order valence-corrected chi connectivity index (χ3v) is 4.95. The second kappa shape index (κ2) is 7.11. The van der Waals surface area contributed by atoms with E-state index in [1.54, 1.807) is 0 Å². The third-order valence-electron chi connectivity index (χ3n) is 4.95. The van der Waals surface area contributed by atoms with Crippen LogP contribution in [0.3, 0.4) is 0 Å². The van der Waals surface area contributed by atoms with Gasteiger partial charge in [-0.3, -0.25) is 9.69 Å². The van der Waals surface area contributed by atoms with Crippen LogP contribution < -0.4 is 5.32 Å². The predicted octanol–water partition coefficient (Wildman–Crippen LogP) is 1.83. The molecule has 0 unspecified atom stereocenters. The van der Waals surface area contributed by atoms with Crippen LogP contribution in [-0.4, -0.2) is 55.0 Å². The molecule has 0 aromatic rings. The molecule has 1 N–H and O–H groups in total. The Balaban J connectivity index is 1.76. The molecule has 1 aliphatic heterocycles. The van der Waals surface area contributed by atoms with Crippen LogP contribution in [0.15, 0.2) is 11.8 Å². The first kappa shape index (κ1) is 15.4. The molecule has 1 saturated heterocycles. The molecule has 0 aromatic carbocycles. The van der Waals surface area contributed by atoms with Crippen molar-refractivity contribution in [3.8, 4) is 0 Å². The maximum atomic E-state index is 11.5. The maximum absolute atomic E-state index is 11.5. The van der Waals surface area contributed by atoms with E-state index in [1.165, 1.54) is 37.9 Å². The van der Waals surface area contributed by atoms with Gasteiger partial charge >= 0.3 is 0 Å². The Bertz CT molecular complexity index is 359. The van der Waals surface area contributed by atoms with Crippen molar-refractivity contribution in [1.29, 1.82) is 0 Å². The molecular formula is C16H29N3O. The number of nitrogens with one attached hydrogen (secondary N) is 1. The van der Waals surface area contributed by atoms with Crippen molar-refractivity contribution in [2.24, 2.45) is 5.92 Å². The van der Waals surface area contributed by atoms with Crippen LogP contribution in [0.1, 0.15) is 39.5 Å². The molecule has 1 heterocycles. The van der Waals surface area contributed by atoms with Gasteiger partial charge in [0.05, 0.1) is 6.54 Å². The molecule has 2 aliphatic rings. The van der Waals surface area contributed by atoms with E-state index in [0.29, 0.717) is 12.6 Å². The summed E-state index contributed by atoms with van der Waals surface area (Å²) >= 11 is 0. The Kier molecular flexibility index (Phi) is 5.46. The molecule has 1 amide bonds. The van der Waals surface area contributed by atoms with Gasteiger partial charge in [-0.05, 0) is 45.4 Å². The molecule has 2 rings (SSSR count). The predicted molar refractivity (Wildman–Crippen MR) is 82.4 cm³/mol. The maximum Gasteiger partial charge on any atom is 0.234 e. The monoisotopic (exact) mass is 279 g/mol. The SMILES string of the molecule is CC=C(C)N(C)CC1CCC(N2CCNC(=O)C2)CC1. The number of carbonyl (C=O) groups is 1. The van der Waals surface area contributed by atoms with Gasteiger partial charge in [0, 0.05) is 38.4 Å². The number of rotatable bonds is 4. The minimum absolute atomic E-state index is 0.196. The van der Waals surface area contributed by atoms with Crippen LogP contribution in [0.5, 0.6) is 0 Å². The highest BCUT2D eigenvalue weighted by atomic mass is 16.2. The van der Waals surface area contributed by atoms with Crippen molar-refractivity contribution < 1.29 is 4.79 Å². The van der Waals surface area contributed by atoms with Gasteiger partial charge in [-0.25, -0.2) is 0 Å². The summed E-state index contributed by atoms with van der Waals surface area (Å²) in [6, 6.07) is 0.630. The van der Waals surface area contributed by atoms with Crippen molar-refractivity contribution in [3.63, 3.8) is 0 Å². The molecule has 0 bridgehead atoms. The van der Waals surface area contributed by atoms with E-state index in [9.17, 15) is 4.79 Å². The van der Waals surface area contributed by atoms with Gasteiger partial charge < -0.3 is 10.2 Å². The van der Waals surface area contributed by atoms with Crippen LogP contribution >= 0.6 is 0 Å². The molecule has 0 spiro atoms. The molecular weight excluding hydrogens is 250 g/mol. The summed E-state index contributed by atoms with van der Waals surface area (Å²) in [6.07, 6.45) is 7.27. The molecule has 0 aromatic heterocycles. The lowest BCUT2D eigenvalue weighted by atomic mass is 9.84. The summed E-state index contributed by atoms with van der Waals surface area (Å²) in [4.78, 5) is 16.2. The van der Waals surface area contributed by atoms with Crippen LogP contribution in [0.25, 0.3) is 0 Å². The smallest absolute Gasteiger partial charge is 0.234 e. The quantitative estimate of drug-likeness (QED) is 0.853. The minimum atomic E-state index is 0.196. The van der Waals surface area contributed by atoms with Gasteiger partial charge in [0.1, 0.15) is 0 Å². The standard InChI is InChI=1S/C16H29N3O/c1-4-13(2)18(3)11-14-5-7-15(8-6-14)19-10-9-17-16(20)12-19/h4,14-15H,5-12H2,1-3H3,(H,17,20). The van der Waals surface area contributed by atoms with Gasteiger partial charge in [-0.1, -0.05) is 6.08 Å². The van der Waals surface area contributed by atoms with Crippen molar-refractivity contribution in [2.45, 2.75) is 45.6 Å². The molecule has 4 nitrogen and oxygen atoms in total. The lowest BCUT2D eigenvalue weighted by Gasteiger charge is -2.39. The van der Waals surface area contributed by atoms with Crippen LogP contribution in [0.4, 0.5) is 0 Å². The Morgan fingerprint density at radius 3 is 2.70 bits per heavy atom. The summed E-state index contributed by atoms with van der Waals surface area (Å²) in [6.45, 7) is 7.90. The number of allylic oxidation sites excluding steroid dienone is 2. The second-order valence-corrected chi connectivity index (χ2v) is 6.31. The summed E-state index contributed by atoms with van der Waals surface area (Å²) in [7, 11) is 2.19. The zero-order valence-electron chi connectivity index (χ0n) is 13.2. The van der Waals surface area contributed by atoms with Crippen molar-refractivity contribution in [3.05, 3.63) is 11.8 Å². The van der Waals surface area contributed by atoms with E-state index < -0.39 is 0 Å². The van der Waals surface area contributed by atoms with E-state index in [1.807, 2.05) is 0 Å². The Morgan fingerprint density at radius 1 is 1.40 bits per heavy atom. The normalized spacial score (nSPS) is 29.1. The van der Waals surface area contributed by atoms with E-state index in [2.05, 4.69) is 42.1 Å². The zero-order valence-corrected chi connectivity index (χ0v) is 13.2. The van der Waals surface area contributed by atoms with Crippen LogP contribution in [0, 0.1) is 5.92 Å². The zero-order chi connectivity index (χ0) is 14.5. The van der Waals surface area contributed by atoms with Gasteiger partial charge in [-0.15, -0.1) is 0 Å². The number of hydrogen-bond acceptors (Lipinski definition) is 3. The molecule has 0 radical (unpaired) electrons. The fourth-order valence-electron chi connectivity index (χ4n) is 3.41. The first-order chi connectivity index (χ1) is 9.60. The summed E-state index contributed by atoms with van der Waals surface area (Å²) in [5, 5.41) is 2.91. The molecule has 4 heteroatoms. The van der Waals surface area contributed by atoms with Gasteiger partial charge in [0.25, 0.3) is 0 Å². The van der Waals surface area contributed by atoms with Gasteiger partial charge in [-0.2, -0.15) is 0 Å². The molecule has 20 heavy (non-hydrogen) atoms. The number of carbonyl (C=O) groups excluding carboxylic acids is 1. The number of hydrogen-bond donors (Lipinski definition) is 1. The Labute approximate surface area is 123 Å². The first-order valence-corrected chi connectivity index (χ1v) is 7.95. The average molecular weight is 279 g/mol. The summed E-state index contributed by atoms with van der Waals surface area (Å²) in [5.74, 6) is 1.01. The van der Waals surface area contributed by atoms with E-state index in [4.69, 9.17) is 0 Å². The number of nitrogens with zero attached hydrogens (tertiary/aromatic N) is 2. The fraction of sp³-hybridized carbons (Fsp3) is 0.812. The highest BCUT2D eigenvalue weighted by Crippen LogP contribution is 2.28. The summed E-state index contributed by atoms with van der Waals surface area (Å²) in [5.41, 5.74) is 1.36. The molecule has 0 atom stereocenters. The molecule has 1 saturated carbocycles. The van der Waals surface area contributed by atoms with Crippen molar-refractivity contribution >= 4 is 5.91 Å². The second-order valence-electron chi connectivity index (χ2n) is 6.31. The van der Waals surface area contributed by atoms with Gasteiger partial charge in [0.2, 0.25) is 5.91 Å². The molecule has 2 fully saturated rings. The average Bonchev–Trinajstić information content (AvgIpc) is 2.47.